The van der Waals surface area contributed by atoms with Crippen molar-refractivity contribution in [3.05, 3.63) is 29.8 Å². The normalized spacial score (nSPS) is 22.4. The maximum absolute atomic E-state index is 9.64. The van der Waals surface area contributed by atoms with Gasteiger partial charge in [-0.2, -0.15) is 5.26 Å². The molecule has 1 aromatic carbocycles. The number of hydrogen-bond donors (Lipinski definition) is 0. The van der Waals surface area contributed by atoms with E-state index in [1.54, 1.807) is 7.11 Å². The number of nitrogens with zero attached hydrogens (tertiary/aromatic N) is 3. The molecule has 3 rings (SSSR count). The first-order chi connectivity index (χ1) is 11.3. The Balaban J connectivity index is 1.59. The molecule has 124 valence electrons. The Morgan fingerprint density at radius 3 is 2.26 bits per heavy atom. The molecule has 0 radical (unpaired) electrons. The summed E-state index contributed by atoms with van der Waals surface area (Å²) in [4.78, 5) is 4.97. The number of nitriles is 1. The summed E-state index contributed by atoms with van der Waals surface area (Å²) in [5.74, 6) is 0.840. The Bertz CT molecular complexity index is 523. The first kappa shape index (κ1) is 16.3. The highest BCUT2D eigenvalue weighted by atomic mass is 16.5. The van der Waals surface area contributed by atoms with Gasteiger partial charge in [-0.05, 0) is 30.5 Å². The highest BCUT2D eigenvalue weighted by Gasteiger charge is 2.28. The van der Waals surface area contributed by atoms with E-state index in [1.165, 1.54) is 32.1 Å². The molecule has 0 bridgehead atoms. The molecule has 1 saturated heterocycles. The van der Waals surface area contributed by atoms with Gasteiger partial charge < -0.3 is 4.74 Å². The van der Waals surface area contributed by atoms with Crippen LogP contribution in [0.25, 0.3) is 0 Å². The predicted molar refractivity (Wildman–Crippen MR) is 91.4 cm³/mol. The van der Waals surface area contributed by atoms with Crippen LogP contribution in [0, 0.1) is 11.3 Å². The number of rotatable bonds is 4. The molecule has 0 N–H and O–H groups in total. The molecule has 1 heterocycles. The standard InChI is InChI=1S/C19H27N3O/c1-23-18-9-7-16(8-10-18)19(15-20)22-13-11-21(12-14-22)17-5-3-2-4-6-17/h7-10,17,19H,2-6,11-14H2,1H3. The first-order valence-corrected chi connectivity index (χ1v) is 8.83. The summed E-state index contributed by atoms with van der Waals surface area (Å²) < 4.78 is 5.21. The van der Waals surface area contributed by atoms with E-state index in [9.17, 15) is 5.26 Å². The van der Waals surface area contributed by atoms with Gasteiger partial charge in [0.1, 0.15) is 11.8 Å². The fourth-order valence-corrected chi connectivity index (χ4v) is 3.96. The molecule has 0 amide bonds. The van der Waals surface area contributed by atoms with Gasteiger partial charge in [0.2, 0.25) is 0 Å². The highest BCUT2D eigenvalue weighted by molar-refractivity contribution is 5.31. The highest BCUT2D eigenvalue weighted by Crippen LogP contribution is 2.27. The summed E-state index contributed by atoms with van der Waals surface area (Å²) in [5.41, 5.74) is 1.07. The Kier molecular flexibility index (Phi) is 5.53. The number of hydrogen-bond acceptors (Lipinski definition) is 4. The van der Waals surface area contributed by atoms with Crippen molar-refractivity contribution in [2.24, 2.45) is 0 Å². The van der Waals surface area contributed by atoms with E-state index < -0.39 is 0 Å². The Morgan fingerprint density at radius 1 is 1.04 bits per heavy atom. The van der Waals surface area contributed by atoms with Crippen LogP contribution in [-0.2, 0) is 0 Å². The van der Waals surface area contributed by atoms with Gasteiger partial charge >= 0.3 is 0 Å². The molecular weight excluding hydrogens is 286 g/mol. The van der Waals surface area contributed by atoms with Crippen LogP contribution in [0.1, 0.15) is 43.7 Å². The van der Waals surface area contributed by atoms with Crippen molar-refractivity contribution in [3.63, 3.8) is 0 Å². The van der Waals surface area contributed by atoms with Gasteiger partial charge in [0.25, 0.3) is 0 Å². The number of piperazine rings is 1. The molecule has 23 heavy (non-hydrogen) atoms. The van der Waals surface area contributed by atoms with Crippen molar-refractivity contribution < 1.29 is 4.74 Å². The van der Waals surface area contributed by atoms with Crippen LogP contribution < -0.4 is 4.74 Å². The van der Waals surface area contributed by atoms with Crippen LogP contribution in [0.3, 0.4) is 0 Å². The zero-order valence-electron chi connectivity index (χ0n) is 14.1. The van der Waals surface area contributed by atoms with E-state index in [0.29, 0.717) is 0 Å². The Morgan fingerprint density at radius 2 is 1.70 bits per heavy atom. The molecule has 0 spiro atoms. The van der Waals surface area contributed by atoms with Crippen LogP contribution in [0.15, 0.2) is 24.3 Å². The number of methoxy groups -OCH3 is 1. The molecular formula is C19H27N3O. The predicted octanol–water partition coefficient (Wildman–Crippen LogP) is 3.21. The van der Waals surface area contributed by atoms with Crippen LogP contribution in [-0.4, -0.2) is 49.1 Å². The van der Waals surface area contributed by atoms with Crippen molar-refractivity contribution in [1.29, 1.82) is 5.26 Å². The lowest BCUT2D eigenvalue weighted by atomic mass is 9.93. The van der Waals surface area contributed by atoms with E-state index >= 15 is 0 Å². The monoisotopic (exact) mass is 313 g/mol. The maximum atomic E-state index is 9.64. The SMILES string of the molecule is COc1ccc(C(C#N)N2CCN(C3CCCCC3)CC2)cc1. The van der Waals surface area contributed by atoms with E-state index in [-0.39, 0.29) is 6.04 Å². The third-order valence-electron chi connectivity index (χ3n) is 5.36. The molecule has 1 unspecified atom stereocenters. The van der Waals surface area contributed by atoms with E-state index in [1.807, 2.05) is 24.3 Å². The Hall–Kier alpha value is -1.57. The summed E-state index contributed by atoms with van der Waals surface area (Å²) >= 11 is 0. The molecule has 2 aliphatic rings. The lowest BCUT2D eigenvalue weighted by molar-refractivity contribution is 0.0676. The van der Waals surface area contributed by atoms with E-state index in [0.717, 1.165) is 43.5 Å². The van der Waals surface area contributed by atoms with Gasteiger partial charge in [-0.25, -0.2) is 0 Å². The summed E-state index contributed by atoms with van der Waals surface area (Å²) in [6, 6.07) is 11.0. The van der Waals surface area contributed by atoms with E-state index in [2.05, 4.69) is 15.9 Å². The number of benzene rings is 1. The molecule has 1 saturated carbocycles. The fourth-order valence-electron chi connectivity index (χ4n) is 3.96. The summed E-state index contributed by atoms with van der Waals surface area (Å²) in [5, 5.41) is 9.64. The minimum absolute atomic E-state index is 0.144. The minimum Gasteiger partial charge on any atom is -0.497 e. The smallest absolute Gasteiger partial charge is 0.123 e. The molecule has 1 atom stereocenters. The second kappa shape index (κ2) is 7.81. The quantitative estimate of drug-likeness (QED) is 0.856. The second-order valence-electron chi connectivity index (χ2n) is 6.67. The van der Waals surface area contributed by atoms with Gasteiger partial charge in [-0.15, -0.1) is 0 Å². The van der Waals surface area contributed by atoms with Crippen LogP contribution >= 0.6 is 0 Å². The lowest BCUT2D eigenvalue weighted by Crippen LogP contribution is -2.51. The van der Waals surface area contributed by atoms with Gasteiger partial charge in [-0.3, -0.25) is 9.80 Å². The summed E-state index contributed by atoms with van der Waals surface area (Å²) in [6.45, 7) is 4.17. The van der Waals surface area contributed by atoms with Gasteiger partial charge in [-0.1, -0.05) is 31.4 Å². The Labute approximate surface area is 139 Å². The fraction of sp³-hybridized carbons (Fsp3) is 0.632. The molecule has 4 nitrogen and oxygen atoms in total. The average molecular weight is 313 g/mol. The molecule has 1 aromatic rings. The molecule has 1 aliphatic carbocycles. The summed E-state index contributed by atoms with van der Waals surface area (Å²) in [7, 11) is 1.67. The molecule has 2 fully saturated rings. The van der Waals surface area contributed by atoms with Gasteiger partial charge in [0, 0.05) is 32.2 Å². The molecule has 1 aliphatic heterocycles. The van der Waals surface area contributed by atoms with Crippen molar-refractivity contribution in [1.82, 2.24) is 9.80 Å². The third kappa shape index (κ3) is 3.85. The van der Waals surface area contributed by atoms with Crippen molar-refractivity contribution in [3.8, 4) is 11.8 Å². The first-order valence-electron chi connectivity index (χ1n) is 8.83. The van der Waals surface area contributed by atoms with Crippen LogP contribution in [0.4, 0.5) is 0 Å². The molecule has 4 heteroatoms. The van der Waals surface area contributed by atoms with Crippen molar-refractivity contribution in [2.75, 3.05) is 33.3 Å². The molecule has 0 aromatic heterocycles. The van der Waals surface area contributed by atoms with Gasteiger partial charge in [0.05, 0.1) is 13.2 Å². The summed E-state index contributed by atoms with van der Waals surface area (Å²) in [6.07, 6.45) is 6.90. The number of ether oxygens (including phenoxy) is 1. The lowest BCUT2D eigenvalue weighted by Gasteiger charge is -2.42. The second-order valence-corrected chi connectivity index (χ2v) is 6.67. The minimum atomic E-state index is -0.144. The average Bonchev–Trinajstić information content (AvgIpc) is 2.64. The zero-order valence-corrected chi connectivity index (χ0v) is 14.1. The maximum Gasteiger partial charge on any atom is 0.123 e. The van der Waals surface area contributed by atoms with Gasteiger partial charge in [0.15, 0.2) is 0 Å². The van der Waals surface area contributed by atoms with Crippen molar-refractivity contribution >= 4 is 0 Å². The van der Waals surface area contributed by atoms with Crippen LogP contribution in [0.2, 0.25) is 0 Å². The third-order valence-corrected chi connectivity index (χ3v) is 5.36. The largest absolute Gasteiger partial charge is 0.497 e. The topological polar surface area (TPSA) is 39.5 Å². The van der Waals surface area contributed by atoms with Crippen LogP contribution in [0.5, 0.6) is 5.75 Å². The van der Waals surface area contributed by atoms with Crippen molar-refractivity contribution in [2.45, 2.75) is 44.2 Å². The van der Waals surface area contributed by atoms with E-state index in [4.69, 9.17) is 4.74 Å². The zero-order chi connectivity index (χ0) is 16.1.